The largest absolute Gasteiger partial charge is 0.496 e. The molecule has 0 saturated carbocycles. The molecule has 0 aliphatic rings. The second kappa shape index (κ2) is 9.48. The van der Waals surface area contributed by atoms with Crippen LogP contribution < -0.4 is 10.1 Å². The van der Waals surface area contributed by atoms with Gasteiger partial charge >= 0.3 is 0 Å². The summed E-state index contributed by atoms with van der Waals surface area (Å²) in [6.07, 6.45) is 1.02. The molecular weight excluding hydrogens is 381 g/mol. The zero-order chi connectivity index (χ0) is 20.1. The van der Waals surface area contributed by atoms with Gasteiger partial charge in [0.1, 0.15) is 5.75 Å². The van der Waals surface area contributed by atoms with Gasteiger partial charge < -0.3 is 10.1 Å². The molecule has 0 aliphatic heterocycles. The van der Waals surface area contributed by atoms with Crippen molar-refractivity contribution in [1.82, 2.24) is 5.32 Å². The van der Waals surface area contributed by atoms with Gasteiger partial charge in [0.2, 0.25) is 5.91 Å². The van der Waals surface area contributed by atoms with Gasteiger partial charge in [-0.2, -0.15) is 0 Å². The monoisotopic (exact) mass is 407 g/mol. The standard InChI is InChI=1S/C22H27Cl2NO2/c1-13(2)17-12-18(14(3)10-21(17)27-5)15(4)25-22(26)9-7-16-6-8-19(23)20(24)11-16/h6,8,10-13,15H,7,9H2,1-5H3,(H,25,26)/t15-/m1/s1. The third-order valence-corrected chi connectivity index (χ3v) is 5.45. The number of rotatable bonds is 7. The highest BCUT2D eigenvalue weighted by Gasteiger charge is 2.17. The van der Waals surface area contributed by atoms with Crippen LogP contribution in [0.4, 0.5) is 0 Å². The topological polar surface area (TPSA) is 38.3 Å². The maximum absolute atomic E-state index is 12.4. The fraction of sp³-hybridized carbons (Fsp3) is 0.409. The number of ether oxygens (including phenoxy) is 1. The fourth-order valence-corrected chi connectivity index (χ4v) is 3.48. The summed E-state index contributed by atoms with van der Waals surface area (Å²) in [5, 5.41) is 4.13. The molecule has 2 rings (SSSR count). The van der Waals surface area contributed by atoms with Crippen molar-refractivity contribution in [3.63, 3.8) is 0 Å². The Balaban J connectivity index is 2.05. The predicted octanol–water partition coefficient (Wildman–Crippen LogP) is 6.24. The molecule has 0 heterocycles. The first-order chi connectivity index (χ1) is 12.7. The Kier molecular flexibility index (Phi) is 7.58. The maximum Gasteiger partial charge on any atom is 0.220 e. The number of halogens is 2. The second-order valence-electron chi connectivity index (χ2n) is 7.14. The first-order valence-electron chi connectivity index (χ1n) is 9.14. The lowest BCUT2D eigenvalue weighted by molar-refractivity contribution is -0.121. The van der Waals surface area contributed by atoms with Crippen LogP contribution in [0.1, 0.15) is 61.4 Å². The summed E-state index contributed by atoms with van der Waals surface area (Å²) in [6, 6.07) is 9.57. The van der Waals surface area contributed by atoms with Crippen LogP contribution in [0.5, 0.6) is 5.75 Å². The molecule has 2 aromatic carbocycles. The Hall–Kier alpha value is -1.71. The van der Waals surface area contributed by atoms with Crippen LogP contribution in [0.25, 0.3) is 0 Å². The molecule has 0 unspecified atom stereocenters. The van der Waals surface area contributed by atoms with Crippen molar-refractivity contribution in [2.75, 3.05) is 7.11 Å². The quantitative estimate of drug-likeness (QED) is 0.589. The van der Waals surface area contributed by atoms with Gasteiger partial charge in [0, 0.05) is 6.42 Å². The van der Waals surface area contributed by atoms with E-state index in [1.165, 1.54) is 0 Å². The zero-order valence-corrected chi connectivity index (χ0v) is 18.0. The Morgan fingerprint density at radius 3 is 2.37 bits per heavy atom. The van der Waals surface area contributed by atoms with Crippen molar-refractivity contribution >= 4 is 29.1 Å². The first kappa shape index (κ1) is 21.6. The van der Waals surface area contributed by atoms with Crippen LogP contribution in [-0.2, 0) is 11.2 Å². The van der Waals surface area contributed by atoms with Gasteiger partial charge in [-0.3, -0.25) is 4.79 Å². The Morgan fingerprint density at radius 2 is 1.78 bits per heavy atom. The lowest BCUT2D eigenvalue weighted by Crippen LogP contribution is -2.27. The molecule has 146 valence electrons. The van der Waals surface area contributed by atoms with Crippen LogP contribution in [0, 0.1) is 6.92 Å². The summed E-state index contributed by atoms with van der Waals surface area (Å²) in [6.45, 7) is 8.32. The summed E-state index contributed by atoms with van der Waals surface area (Å²) in [4.78, 5) is 12.4. The van der Waals surface area contributed by atoms with Crippen LogP contribution in [0.15, 0.2) is 30.3 Å². The predicted molar refractivity (Wildman–Crippen MR) is 113 cm³/mol. The van der Waals surface area contributed by atoms with Crippen molar-refractivity contribution in [3.8, 4) is 5.75 Å². The van der Waals surface area contributed by atoms with Gasteiger partial charge in [-0.1, -0.05) is 43.1 Å². The lowest BCUT2D eigenvalue weighted by Gasteiger charge is -2.21. The normalized spacial score (nSPS) is 12.1. The van der Waals surface area contributed by atoms with Crippen molar-refractivity contribution in [2.24, 2.45) is 0 Å². The average Bonchev–Trinajstić information content (AvgIpc) is 2.61. The summed E-state index contributed by atoms with van der Waals surface area (Å²) in [5.74, 6) is 1.25. The first-order valence-corrected chi connectivity index (χ1v) is 9.90. The Bertz CT molecular complexity index is 818. The van der Waals surface area contributed by atoms with Crippen molar-refractivity contribution < 1.29 is 9.53 Å². The molecule has 0 radical (unpaired) electrons. The smallest absolute Gasteiger partial charge is 0.220 e. The van der Waals surface area contributed by atoms with Crippen molar-refractivity contribution in [1.29, 1.82) is 0 Å². The summed E-state index contributed by atoms with van der Waals surface area (Å²) >= 11 is 12.0. The Labute approximate surface area is 172 Å². The van der Waals surface area contributed by atoms with Gasteiger partial charge in [-0.15, -0.1) is 0 Å². The van der Waals surface area contributed by atoms with E-state index < -0.39 is 0 Å². The summed E-state index contributed by atoms with van der Waals surface area (Å²) in [5.41, 5.74) is 4.36. The number of benzene rings is 2. The zero-order valence-electron chi connectivity index (χ0n) is 16.5. The number of carbonyl (C=O) groups excluding carboxylic acids is 1. The van der Waals surface area contributed by atoms with E-state index in [-0.39, 0.29) is 11.9 Å². The highest BCUT2D eigenvalue weighted by Crippen LogP contribution is 2.32. The van der Waals surface area contributed by atoms with E-state index in [1.807, 2.05) is 32.0 Å². The van der Waals surface area contributed by atoms with E-state index in [1.54, 1.807) is 13.2 Å². The minimum absolute atomic E-state index is 0.00916. The van der Waals surface area contributed by atoms with Gasteiger partial charge in [0.05, 0.1) is 23.2 Å². The van der Waals surface area contributed by atoms with Gasteiger partial charge in [-0.25, -0.2) is 0 Å². The van der Waals surface area contributed by atoms with E-state index in [9.17, 15) is 4.79 Å². The molecule has 1 amide bonds. The number of hydrogen-bond acceptors (Lipinski definition) is 2. The molecule has 1 N–H and O–H groups in total. The number of carbonyl (C=O) groups is 1. The van der Waals surface area contributed by atoms with Crippen LogP contribution in [0.2, 0.25) is 10.0 Å². The molecule has 2 aromatic rings. The van der Waals surface area contributed by atoms with E-state index in [0.29, 0.717) is 28.8 Å². The van der Waals surface area contributed by atoms with Crippen molar-refractivity contribution in [2.45, 2.75) is 52.5 Å². The Morgan fingerprint density at radius 1 is 1.07 bits per heavy atom. The molecule has 0 saturated heterocycles. The minimum Gasteiger partial charge on any atom is -0.496 e. The van der Waals surface area contributed by atoms with Gasteiger partial charge in [-0.05, 0) is 72.7 Å². The highest BCUT2D eigenvalue weighted by atomic mass is 35.5. The number of hydrogen-bond donors (Lipinski definition) is 1. The molecule has 5 heteroatoms. The van der Waals surface area contributed by atoms with Gasteiger partial charge in [0.15, 0.2) is 0 Å². The summed E-state index contributed by atoms with van der Waals surface area (Å²) in [7, 11) is 1.69. The maximum atomic E-state index is 12.4. The van der Waals surface area contributed by atoms with Crippen molar-refractivity contribution in [3.05, 3.63) is 62.6 Å². The van der Waals surface area contributed by atoms with E-state index in [0.717, 1.165) is 28.0 Å². The molecule has 3 nitrogen and oxygen atoms in total. The number of methoxy groups -OCH3 is 1. The third kappa shape index (κ3) is 5.63. The molecule has 0 spiro atoms. The van der Waals surface area contributed by atoms with Crippen LogP contribution in [-0.4, -0.2) is 13.0 Å². The molecule has 0 fully saturated rings. The number of aryl methyl sites for hydroxylation is 2. The number of amides is 1. The van der Waals surface area contributed by atoms with E-state index in [4.69, 9.17) is 27.9 Å². The highest BCUT2D eigenvalue weighted by molar-refractivity contribution is 6.42. The summed E-state index contributed by atoms with van der Waals surface area (Å²) < 4.78 is 5.50. The number of nitrogens with one attached hydrogen (secondary N) is 1. The van der Waals surface area contributed by atoms with Crippen LogP contribution >= 0.6 is 23.2 Å². The minimum atomic E-state index is -0.0743. The average molecular weight is 408 g/mol. The molecule has 1 atom stereocenters. The fourth-order valence-electron chi connectivity index (χ4n) is 3.15. The second-order valence-corrected chi connectivity index (χ2v) is 7.96. The third-order valence-electron chi connectivity index (χ3n) is 4.71. The molecule has 0 aliphatic carbocycles. The molecule has 0 bridgehead atoms. The molecular formula is C22H27Cl2NO2. The lowest BCUT2D eigenvalue weighted by atomic mass is 9.93. The molecule has 27 heavy (non-hydrogen) atoms. The molecule has 0 aromatic heterocycles. The van der Waals surface area contributed by atoms with E-state index in [2.05, 4.69) is 25.2 Å². The SMILES string of the molecule is COc1cc(C)c([C@@H](C)NC(=O)CCc2ccc(Cl)c(Cl)c2)cc1C(C)C. The van der Waals surface area contributed by atoms with Gasteiger partial charge in [0.25, 0.3) is 0 Å². The van der Waals surface area contributed by atoms with Crippen LogP contribution in [0.3, 0.4) is 0 Å². The van der Waals surface area contributed by atoms with E-state index >= 15 is 0 Å².